The summed E-state index contributed by atoms with van der Waals surface area (Å²) in [5.41, 5.74) is 2.48. The van der Waals surface area contributed by atoms with Gasteiger partial charge in [-0.2, -0.15) is 13.2 Å². The van der Waals surface area contributed by atoms with Gasteiger partial charge in [-0.15, -0.1) is 0 Å². The zero-order valence-electron chi connectivity index (χ0n) is 28.2. The summed E-state index contributed by atoms with van der Waals surface area (Å²) < 4.78 is 53.1. The molecule has 3 aliphatic rings. The molecule has 7 rings (SSSR count). The van der Waals surface area contributed by atoms with Crippen molar-refractivity contribution >= 4 is 28.6 Å². The van der Waals surface area contributed by atoms with Crippen molar-refractivity contribution in [2.45, 2.75) is 69.6 Å². The van der Waals surface area contributed by atoms with Crippen LogP contribution in [0.25, 0.3) is 33.9 Å². The molecule has 1 aliphatic heterocycles. The van der Waals surface area contributed by atoms with Crippen LogP contribution in [0.2, 0.25) is 0 Å². The van der Waals surface area contributed by atoms with E-state index in [0.717, 1.165) is 50.3 Å². The van der Waals surface area contributed by atoms with Gasteiger partial charge in [-0.3, -0.25) is 0 Å². The number of carboxylic acid groups (broad SMARTS) is 1. The highest BCUT2D eigenvalue weighted by atomic mass is 19.4. The van der Waals surface area contributed by atoms with Crippen LogP contribution in [-0.2, 0) is 20.4 Å². The van der Waals surface area contributed by atoms with Crippen LogP contribution in [-0.4, -0.2) is 94.1 Å². The SMILES string of the molecule is COCC1(CN(C)c2cc(-c3cc(C4CC4)nc(C(F)(F)F)c3)nc3nc(-c4cnc(N5CCC(OCC(=O)O)CC5)cn4)[nH]c23)CCCC1. The predicted molar refractivity (Wildman–Crippen MR) is 180 cm³/mol. The molecule has 2 saturated carbocycles. The Morgan fingerprint density at radius 3 is 2.44 bits per heavy atom. The predicted octanol–water partition coefficient (Wildman–Crippen LogP) is 6.09. The van der Waals surface area contributed by atoms with Gasteiger partial charge in [0.15, 0.2) is 11.5 Å². The second-order valence-electron chi connectivity index (χ2n) is 13.9. The normalized spacial score (nSPS) is 18.2. The average molecular weight is 695 g/mol. The van der Waals surface area contributed by atoms with Gasteiger partial charge in [-0.25, -0.2) is 29.7 Å². The molecule has 50 heavy (non-hydrogen) atoms. The van der Waals surface area contributed by atoms with Crippen molar-refractivity contribution in [2.75, 3.05) is 56.8 Å². The summed E-state index contributed by atoms with van der Waals surface area (Å²) in [5, 5.41) is 8.89. The number of anilines is 2. The Hall–Kier alpha value is -4.37. The Labute approximate surface area is 287 Å². The molecule has 4 aromatic rings. The van der Waals surface area contributed by atoms with E-state index in [2.05, 4.69) is 29.7 Å². The van der Waals surface area contributed by atoms with Crippen LogP contribution in [0.4, 0.5) is 24.7 Å². The van der Waals surface area contributed by atoms with Crippen LogP contribution in [0.5, 0.6) is 0 Å². The molecule has 0 radical (unpaired) electrons. The topological polar surface area (TPSA) is 142 Å². The zero-order valence-corrected chi connectivity index (χ0v) is 28.2. The third kappa shape index (κ3) is 7.38. The van der Waals surface area contributed by atoms with E-state index in [4.69, 9.17) is 24.5 Å². The van der Waals surface area contributed by atoms with E-state index in [1.165, 1.54) is 0 Å². The van der Waals surface area contributed by atoms with Crippen molar-refractivity contribution in [3.63, 3.8) is 0 Å². The summed E-state index contributed by atoms with van der Waals surface area (Å²) in [5.74, 6) is 0.167. The molecule has 2 aliphatic carbocycles. The first kappa shape index (κ1) is 34.1. The largest absolute Gasteiger partial charge is 0.480 e. The van der Waals surface area contributed by atoms with Crippen LogP contribution in [0.1, 0.15) is 68.7 Å². The fraction of sp³-hybridized carbons (Fsp3) is 0.543. The Kier molecular flexibility index (Phi) is 9.37. The first-order chi connectivity index (χ1) is 24.0. The minimum atomic E-state index is -4.59. The summed E-state index contributed by atoms with van der Waals surface area (Å²) in [7, 11) is 3.71. The Morgan fingerprint density at radius 2 is 1.80 bits per heavy atom. The molecule has 5 heterocycles. The molecular formula is C35H41F3N8O4. The number of carbonyl (C=O) groups is 1. The number of piperidine rings is 1. The number of pyridine rings is 2. The van der Waals surface area contributed by atoms with Crippen LogP contribution < -0.4 is 9.80 Å². The van der Waals surface area contributed by atoms with Crippen molar-refractivity contribution < 1.29 is 32.5 Å². The smallest absolute Gasteiger partial charge is 0.433 e. The van der Waals surface area contributed by atoms with Crippen molar-refractivity contribution in [3.8, 4) is 22.8 Å². The standard InChI is InChI=1S/C35H41F3N8O4/c1-45(19-34(20-49-2)9-3-4-10-34)27-15-25(22-13-24(21-5-6-21)41-28(14-22)35(36,37)38)42-33-31(27)43-32(44-33)26-16-40-29(17-39-26)46-11-7-23(8-12-46)50-18-30(47)48/h13-17,21,23H,3-12,18-20H2,1-2H3,(H,47,48)(H,42,43,44). The Bertz CT molecular complexity index is 1830. The van der Waals surface area contributed by atoms with Gasteiger partial charge in [0.25, 0.3) is 0 Å². The first-order valence-corrected chi connectivity index (χ1v) is 17.1. The van der Waals surface area contributed by atoms with E-state index in [0.29, 0.717) is 84.5 Å². The number of alkyl halides is 3. The fourth-order valence-corrected chi connectivity index (χ4v) is 7.39. The molecule has 15 heteroatoms. The Balaban J connectivity index is 1.22. The summed E-state index contributed by atoms with van der Waals surface area (Å²) in [4.78, 5) is 41.3. The van der Waals surface area contributed by atoms with Crippen LogP contribution in [0.3, 0.4) is 0 Å². The number of hydrogen-bond donors (Lipinski definition) is 2. The molecule has 0 amide bonds. The highest BCUT2D eigenvalue weighted by Crippen LogP contribution is 2.44. The second kappa shape index (κ2) is 13.7. The maximum absolute atomic E-state index is 14.0. The Morgan fingerprint density at radius 1 is 1.04 bits per heavy atom. The number of aromatic amines is 1. The number of nitrogens with zero attached hydrogens (tertiary/aromatic N) is 7. The van der Waals surface area contributed by atoms with E-state index in [9.17, 15) is 18.0 Å². The van der Waals surface area contributed by atoms with Crippen molar-refractivity contribution in [1.29, 1.82) is 0 Å². The number of methoxy groups -OCH3 is 1. The summed E-state index contributed by atoms with van der Waals surface area (Å²) in [6.45, 7) is 2.31. The molecule has 2 N–H and O–H groups in total. The quantitative estimate of drug-likeness (QED) is 0.178. The molecule has 0 spiro atoms. The highest BCUT2D eigenvalue weighted by molar-refractivity contribution is 5.91. The molecule has 4 aromatic heterocycles. The number of H-pyrrole nitrogens is 1. The highest BCUT2D eigenvalue weighted by Gasteiger charge is 2.37. The minimum Gasteiger partial charge on any atom is -0.480 e. The van der Waals surface area contributed by atoms with E-state index in [1.54, 1.807) is 25.6 Å². The number of aromatic nitrogens is 6. The van der Waals surface area contributed by atoms with Crippen LogP contribution >= 0.6 is 0 Å². The van der Waals surface area contributed by atoms with Gasteiger partial charge >= 0.3 is 12.1 Å². The molecule has 0 atom stereocenters. The molecule has 12 nitrogen and oxygen atoms in total. The van der Waals surface area contributed by atoms with Gasteiger partial charge in [0, 0.05) is 56.4 Å². The van der Waals surface area contributed by atoms with Gasteiger partial charge in [-0.1, -0.05) is 12.8 Å². The van der Waals surface area contributed by atoms with Crippen molar-refractivity contribution in [1.82, 2.24) is 29.9 Å². The summed E-state index contributed by atoms with van der Waals surface area (Å²) in [6, 6.07) is 4.64. The lowest BCUT2D eigenvalue weighted by molar-refractivity contribution is -0.144. The zero-order chi connectivity index (χ0) is 35.0. The third-order valence-corrected chi connectivity index (χ3v) is 10.1. The monoisotopic (exact) mass is 694 g/mol. The molecule has 3 fully saturated rings. The number of rotatable bonds is 12. The van der Waals surface area contributed by atoms with Crippen LogP contribution in [0, 0.1) is 5.41 Å². The number of hydrogen-bond acceptors (Lipinski definition) is 10. The van der Waals surface area contributed by atoms with Crippen molar-refractivity contribution in [3.05, 3.63) is 42.0 Å². The maximum Gasteiger partial charge on any atom is 0.433 e. The summed E-state index contributed by atoms with van der Waals surface area (Å²) >= 11 is 0. The van der Waals surface area contributed by atoms with E-state index in [1.807, 2.05) is 13.1 Å². The second-order valence-corrected chi connectivity index (χ2v) is 13.9. The lowest BCUT2D eigenvalue weighted by Gasteiger charge is -2.34. The molecular weight excluding hydrogens is 653 g/mol. The molecule has 0 aromatic carbocycles. The maximum atomic E-state index is 14.0. The average Bonchev–Trinajstić information content (AvgIpc) is 3.71. The number of aliphatic carboxylic acids is 1. The van der Waals surface area contributed by atoms with Gasteiger partial charge in [-0.05, 0) is 56.7 Å². The van der Waals surface area contributed by atoms with Gasteiger partial charge in [0.05, 0.1) is 36.5 Å². The summed E-state index contributed by atoms with van der Waals surface area (Å²) in [6.07, 6.45) is 5.90. The van der Waals surface area contributed by atoms with Crippen molar-refractivity contribution in [2.24, 2.45) is 5.41 Å². The number of fused-ring (bicyclic) bond motifs is 1. The third-order valence-electron chi connectivity index (χ3n) is 10.1. The molecule has 266 valence electrons. The fourth-order valence-electron chi connectivity index (χ4n) is 7.39. The first-order valence-electron chi connectivity index (χ1n) is 17.1. The number of halogens is 3. The van der Waals surface area contributed by atoms with Gasteiger partial charge in [0.2, 0.25) is 0 Å². The minimum absolute atomic E-state index is 0.0216. The molecule has 0 bridgehead atoms. The number of nitrogens with one attached hydrogen (secondary N) is 1. The van der Waals surface area contributed by atoms with E-state index in [-0.39, 0.29) is 24.0 Å². The number of carboxylic acids is 1. The number of imidazole rings is 1. The van der Waals surface area contributed by atoms with Gasteiger partial charge in [0.1, 0.15) is 29.3 Å². The molecule has 1 saturated heterocycles. The van der Waals surface area contributed by atoms with E-state index < -0.39 is 17.8 Å². The van der Waals surface area contributed by atoms with E-state index >= 15 is 0 Å². The molecule has 0 unspecified atom stereocenters. The number of ether oxygens (including phenoxy) is 2. The lowest BCUT2D eigenvalue weighted by Crippen LogP contribution is -2.38. The lowest BCUT2D eigenvalue weighted by atomic mass is 9.86. The van der Waals surface area contributed by atoms with Gasteiger partial charge < -0.3 is 29.4 Å². The van der Waals surface area contributed by atoms with Crippen LogP contribution in [0.15, 0.2) is 30.6 Å².